The van der Waals surface area contributed by atoms with E-state index in [1.807, 2.05) is 42.9 Å². The molecule has 108 valence electrons. The molecule has 2 rings (SSSR count). The monoisotopic (exact) mass is 275 g/mol. The number of carboxylic acids is 1. The van der Waals surface area contributed by atoms with Gasteiger partial charge in [0.1, 0.15) is 11.9 Å². The SMILES string of the molecule is CCC(c1nc2ccccc2n1C(C)C(=O)O)N(C)C. The molecule has 0 saturated carbocycles. The zero-order valence-corrected chi connectivity index (χ0v) is 12.4. The standard InChI is InChI=1S/C15H21N3O2/c1-5-12(17(3)4)14-16-11-8-6-7-9-13(11)18(14)10(2)15(19)20/h6-10,12H,5H2,1-4H3,(H,19,20). The minimum atomic E-state index is -0.844. The van der Waals surface area contributed by atoms with Crippen molar-refractivity contribution >= 4 is 17.0 Å². The van der Waals surface area contributed by atoms with Gasteiger partial charge in [0, 0.05) is 0 Å². The van der Waals surface area contributed by atoms with E-state index in [1.165, 1.54) is 0 Å². The lowest BCUT2D eigenvalue weighted by molar-refractivity contribution is -0.140. The molecular weight excluding hydrogens is 254 g/mol. The van der Waals surface area contributed by atoms with Gasteiger partial charge in [-0.25, -0.2) is 9.78 Å². The predicted molar refractivity (Wildman–Crippen MR) is 78.8 cm³/mol. The van der Waals surface area contributed by atoms with Gasteiger partial charge in [-0.1, -0.05) is 19.1 Å². The van der Waals surface area contributed by atoms with Gasteiger partial charge in [-0.15, -0.1) is 0 Å². The van der Waals surface area contributed by atoms with Crippen LogP contribution in [0.1, 0.15) is 38.2 Å². The van der Waals surface area contributed by atoms with Gasteiger partial charge in [-0.2, -0.15) is 0 Å². The molecule has 1 aromatic heterocycles. The van der Waals surface area contributed by atoms with E-state index in [4.69, 9.17) is 0 Å². The normalized spacial score (nSPS) is 14.7. The second-order valence-electron chi connectivity index (χ2n) is 5.23. The summed E-state index contributed by atoms with van der Waals surface area (Å²) in [7, 11) is 3.98. The van der Waals surface area contributed by atoms with Crippen LogP contribution in [0.4, 0.5) is 0 Å². The van der Waals surface area contributed by atoms with Gasteiger partial charge in [-0.3, -0.25) is 4.90 Å². The second kappa shape index (κ2) is 5.63. The number of para-hydroxylation sites is 2. The van der Waals surface area contributed by atoms with E-state index in [2.05, 4.69) is 16.8 Å². The Morgan fingerprint density at radius 1 is 1.40 bits per heavy atom. The molecule has 2 unspecified atom stereocenters. The smallest absolute Gasteiger partial charge is 0.326 e. The fraction of sp³-hybridized carbons (Fsp3) is 0.467. The molecule has 5 nitrogen and oxygen atoms in total. The fourth-order valence-electron chi connectivity index (χ4n) is 2.59. The lowest BCUT2D eigenvalue weighted by Crippen LogP contribution is -2.26. The average molecular weight is 275 g/mol. The molecule has 1 aromatic carbocycles. The number of carbonyl (C=O) groups is 1. The van der Waals surface area contributed by atoms with Crippen molar-refractivity contribution in [2.75, 3.05) is 14.1 Å². The van der Waals surface area contributed by atoms with E-state index in [-0.39, 0.29) is 6.04 Å². The zero-order chi connectivity index (χ0) is 14.9. The van der Waals surface area contributed by atoms with E-state index in [9.17, 15) is 9.90 Å². The van der Waals surface area contributed by atoms with Crippen molar-refractivity contribution in [3.05, 3.63) is 30.1 Å². The number of hydrogen-bond acceptors (Lipinski definition) is 3. The molecule has 0 spiro atoms. The summed E-state index contributed by atoms with van der Waals surface area (Å²) >= 11 is 0. The zero-order valence-electron chi connectivity index (χ0n) is 12.4. The van der Waals surface area contributed by atoms with Crippen molar-refractivity contribution in [3.8, 4) is 0 Å². The molecule has 1 heterocycles. The molecule has 1 N–H and O–H groups in total. The van der Waals surface area contributed by atoms with Crippen LogP contribution >= 0.6 is 0 Å². The van der Waals surface area contributed by atoms with Crippen LogP contribution in [-0.4, -0.2) is 39.6 Å². The third kappa shape index (κ3) is 2.41. The summed E-state index contributed by atoms with van der Waals surface area (Å²) in [5, 5.41) is 9.37. The number of fused-ring (bicyclic) bond motifs is 1. The second-order valence-corrected chi connectivity index (χ2v) is 5.23. The lowest BCUT2D eigenvalue weighted by atomic mass is 10.2. The summed E-state index contributed by atoms with van der Waals surface area (Å²) in [5.41, 5.74) is 1.72. The first kappa shape index (κ1) is 14.5. The van der Waals surface area contributed by atoms with Crippen LogP contribution in [0.2, 0.25) is 0 Å². The molecule has 0 aliphatic rings. The van der Waals surface area contributed by atoms with Gasteiger partial charge in [-0.05, 0) is 39.6 Å². The topological polar surface area (TPSA) is 58.4 Å². The molecule has 5 heteroatoms. The average Bonchev–Trinajstić information content (AvgIpc) is 2.76. The number of aromatic nitrogens is 2. The molecule has 0 saturated heterocycles. The van der Waals surface area contributed by atoms with Crippen molar-refractivity contribution in [2.45, 2.75) is 32.4 Å². The summed E-state index contributed by atoms with van der Waals surface area (Å²) in [4.78, 5) is 18.2. The van der Waals surface area contributed by atoms with Crippen LogP contribution in [0, 0.1) is 0 Å². The van der Waals surface area contributed by atoms with E-state index in [1.54, 1.807) is 6.92 Å². The number of carboxylic acid groups (broad SMARTS) is 1. The Kier molecular flexibility index (Phi) is 4.09. The third-order valence-corrected chi connectivity index (χ3v) is 3.68. The van der Waals surface area contributed by atoms with E-state index >= 15 is 0 Å². The van der Waals surface area contributed by atoms with Crippen LogP contribution < -0.4 is 0 Å². The predicted octanol–water partition coefficient (Wildman–Crippen LogP) is 2.69. The molecule has 0 amide bonds. The first-order valence-electron chi connectivity index (χ1n) is 6.83. The molecule has 0 aliphatic heterocycles. The summed E-state index contributed by atoms with van der Waals surface area (Å²) in [6.07, 6.45) is 0.878. The minimum absolute atomic E-state index is 0.101. The van der Waals surface area contributed by atoms with Gasteiger partial charge in [0.25, 0.3) is 0 Å². The van der Waals surface area contributed by atoms with Gasteiger partial charge in [0.15, 0.2) is 0 Å². The first-order valence-corrected chi connectivity index (χ1v) is 6.83. The highest BCUT2D eigenvalue weighted by Crippen LogP contribution is 2.29. The number of nitrogens with zero attached hydrogens (tertiary/aromatic N) is 3. The number of imidazole rings is 1. The molecule has 2 aromatic rings. The summed E-state index contributed by atoms with van der Waals surface area (Å²) in [5.74, 6) is -0.0309. The summed E-state index contributed by atoms with van der Waals surface area (Å²) < 4.78 is 1.84. The van der Waals surface area contributed by atoms with Gasteiger partial charge >= 0.3 is 5.97 Å². The summed E-state index contributed by atoms with van der Waals surface area (Å²) in [6.45, 7) is 3.78. The molecule has 0 aliphatic carbocycles. The van der Waals surface area contributed by atoms with Crippen molar-refractivity contribution < 1.29 is 9.90 Å². The van der Waals surface area contributed by atoms with Gasteiger partial charge in [0.2, 0.25) is 0 Å². The Bertz CT molecular complexity index is 619. The highest BCUT2D eigenvalue weighted by atomic mass is 16.4. The molecule has 20 heavy (non-hydrogen) atoms. The number of benzene rings is 1. The van der Waals surface area contributed by atoms with Crippen LogP contribution in [0.15, 0.2) is 24.3 Å². The lowest BCUT2D eigenvalue weighted by Gasteiger charge is -2.24. The number of rotatable bonds is 5. The molecule has 0 radical (unpaired) electrons. The Morgan fingerprint density at radius 2 is 2.05 bits per heavy atom. The Balaban J connectivity index is 2.69. The quantitative estimate of drug-likeness (QED) is 0.911. The molecular formula is C15H21N3O2. The number of aliphatic carboxylic acids is 1. The van der Waals surface area contributed by atoms with E-state index < -0.39 is 12.0 Å². The number of hydrogen-bond donors (Lipinski definition) is 1. The van der Waals surface area contributed by atoms with E-state index in [0.717, 1.165) is 23.3 Å². The van der Waals surface area contributed by atoms with Crippen molar-refractivity contribution in [3.63, 3.8) is 0 Å². The first-order chi connectivity index (χ1) is 9.47. The Morgan fingerprint density at radius 3 is 2.60 bits per heavy atom. The maximum Gasteiger partial charge on any atom is 0.326 e. The Hall–Kier alpha value is -1.88. The largest absolute Gasteiger partial charge is 0.480 e. The van der Waals surface area contributed by atoms with E-state index in [0.29, 0.717) is 0 Å². The third-order valence-electron chi connectivity index (χ3n) is 3.68. The minimum Gasteiger partial charge on any atom is -0.480 e. The summed E-state index contributed by atoms with van der Waals surface area (Å²) in [6, 6.07) is 7.15. The Labute approximate surface area is 118 Å². The van der Waals surface area contributed by atoms with Crippen molar-refractivity contribution in [1.82, 2.24) is 14.5 Å². The molecule has 0 fully saturated rings. The van der Waals surface area contributed by atoms with Crippen molar-refractivity contribution in [2.24, 2.45) is 0 Å². The fourth-order valence-corrected chi connectivity index (χ4v) is 2.59. The highest BCUT2D eigenvalue weighted by Gasteiger charge is 2.26. The van der Waals surface area contributed by atoms with Crippen LogP contribution in [0.5, 0.6) is 0 Å². The molecule has 2 atom stereocenters. The maximum atomic E-state index is 11.4. The van der Waals surface area contributed by atoms with Gasteiger partial charge < -0.3 is 9.67 Å². The van der Waals surface area contributed by atoms with Gasteiger partial charge in [0.05, 0.1) is 17.1 Å². The van der Waals surface area contributed by atoms with Crippen molar-refractivity contribution in [1.29, 1.82) is 0 Å². The molecule has 0 bridgehead atoms. The highest BCUT2D eigenvalue weighted by molar-refractivity contribution is 5.80. The maximum absolute atomic E-state index is 11.4. The van der Waals surface area contributed by atoms with Crippen LogP contribution in [-0.2, 0) is 4.79 Å². The van der Waals surface area contributed by atoms with Crippen LogP contribution in [0.3, 0.4) is 0 Å². The van der Waals surface area contributed by atoms with Crippen LogP contribution in [0.25, 0.3) is 11.0 Å².